The number of likely N-dealkylation sites (tertiary alicyclic amines) is 1. The lowest BCUT2D eigenvalue weighted by Crippen LogP contribution is -2.39. The number of primary amides is 1. The Bertz CT molecular complexity index is 512. The van der Waals surface area contributed by atoms with E-state index in [0.717, 1.165) is 30.9 Å². The van der Waals surface area contributed by atoms with Crippen molar-refractivity contribution in [2.24, 2.45) is 11.5 Å². The van der Waals surface area contributed by atoms with Gasteiger partial charge < -0.3 is 16.8 Å². The Morgan fingerprint density at radius 2 is 1.90 bits per heavy atom. The van der Waals surface area contributed by atoms with Gasteiger partial charge in [0, 0.05) is 12.2 Å². The van der Waals surface area contributed by atoms with Gasteiger partial charge in [0.15, 0.2) is 0 Å². The minimum Gasteiger partial charge on any atom is -0.370 e. The number of carbonyl (C=O) groups is 2. The van der Waals surface area contributed by atoms with Crippen molar-refractivity contribution < 1.29 is 9.59 Å². The number of rotatable bonds is 6. The van der Waals surface area contributed by atoms with E-state index in [4.69, 9.17) is 11.5 Å². The molecule has 114 valence electrons. The molecule has 1 aliphatic rings. The Balaban J connectivity index is 2.01. The minimum absolute atomic E-state index is 0.153. The van der Waals surface area contributed by atoms with E-state index in [-0.39, 0.29) is 12.3 Å². The maximum absolute atomic E-state index is 12.0. The van der Waals surface area contributed by atoms with Gasteiger partial charge in [-0.15, -0.1) is 0 Å². The molecule has 5 N–H and O–H groups in total. The van der Waals surface area contributed by atoms with Gasteiger partial charge in [-0.25, -0.2) is 0 Å². The standard InChI is InChI=1S/C15H22N4O2/c16-12(9-14(17)20)15(21)18-13-6-2-1-5-11(13)10-19-7-3-4-8-19/h1-2,5-6,12H,3-4,7-10,16H2,(H2,17,20)(H,18,21). The van der Waals surface area contributed by atoms with Gasteiger partial charge in [-0.05, 0) is 37.6 Å². The number of hydrogen-bond acceptors (Lipinski definition) is 4. The van der Waals surface area contributed by atoms with Crippen LogP contribution in [0.2, 0.25) is 0 Å². The first-order valence-corrected chi connectivity index (χ1v) is 7.21. The van der Waals surface area contributed by atoms with E-state index in [2.05, 4.69) is 10.2 Å². The Kier molecular flexibility index (Phi) is 5.30. The van der Waals surface area contributed by atoms with Gasteiger partial charge in [-0.3, -0.25) is 14.5 Å². The normalized spacial score (nSPS) is 16.6. The number of carbonyl (C=O) groups excluding carboxylic acids is 2. The number of benzene rings is 1. The Morgan fingerprint density at radius 1 is 1.24 bits per heavy atom. The maximum atomic E-state index is 12.0. The van der Waals surface area contributed by atoms with Gasteiger partial charge in [0.1, 0.15) is 0 Å². The van der Waals surface area contributed by atoms with Crippen LogP contribution in [-0.2, 0) is 16.1 Å². The summed E-state index contributed by atoms with van der Waals surface area (Å²) in [4.78, 5) is 25.2. The summed E-state index contributed by atoms with van der Waals surface area (Å²) in [6, 6.07) is 6.74. The highest BCUT2D eigenvalue weighted by Crippen LogP contribution is 2.20. The average molecular weight is 290 g/mol. The summed E-state index contributed by atoms with van der Waals surface area (Å²) in [5.74, 6) is -0.967. The average Bonchev–Trinajstić information content (AvgIpc) is 2.93. The number of nitrogens with two attached hydrogens (primary N) is 2. The molecular weight excluding hydrogens is 268 g/mol. The fraction of sp³-hybridized carbons (Fsp3) is 0.467. The highest BCUT2D eigenvalue weighted by molar-refractivity contribution is 5.97. The third-order valence-corrected chi connectivity index (χ3v) is 3.63. The molecule has 0 aromatic heterocycles. The van der Waals surface area contributed by atoms with Crippen LogP contribution < -0.4 is 16.8 Å². The monoisotopic (exact) mass is 290 g/mol. The molecule has 1 aromatic rings. The summed E-state index contributed by atoms with van der Waals surface area (Å²) in [5.41, 5.74) is 12.5. The molecule has 6 heteroatoms. The van der Waals surface area contributed by atoms with Crippen LogP contribution in [0, 0.1) is 0 Å². The summed E-state index contributed by atoms with van der Waals surface area (Å²) in [7, 11) is 0. The highest BCUT2D eigenvalue weighted by Gasteiger charge is 2.18. The van der Waals surface area contributed by atoms with Crippen molar-refractivity contribution in [1.29, 1.82) is 0 Å². The van der Waals surface area contributed by atoms with E-state index >= 15 is 0 Å². The Hall–Kier alpha value is -1.92. The molecule has 0 saturated carbocycles. The molecule has 1 saturated heterocycles. The number of para-hydroxylation sites is 1. The van der Waals surface area contributed by atoms with Crippen molar-refractivity contribution in [2.75, 3.05) is 18.4 Å². The zero-order chi connectivity index (χ0) is 15.2. The summed E-state index contributed by atoms with van der Waals surface area (Å²) < 4.78 is 0. The smallest absolute Gasteiger partial charge is 0.241 e. The molecule has 1 aromatic carbocycles. The number of amides is 2. The lowest BCUT2D eigenvalue weighted by molar-refractivity contribution is -0.123. The van der Waals surface area contributed by atoms with Gasteiger partial charge >= 0.3 is 0 Å². The summed E-state index contributed by atoms with van der Waals surface area (Å²) in [6.45, 7) is 2.98. The number of hydrogen-bond donors (Lipinski definition) is 3. The third kappa shape index (κ3) is 4.54. The van der Waals surface area contributed by atoms with E-state index in [1.54, 1.807) is 0 Å². The first-order valence-electron chi connectivity index (χ1n) is 7.21. The molecule has 2 rings (SSSR count). The van der Waals surface area contributed by atoms with Crippen molar-refractivity contribution in [1.82, 2.24) is 4.90 Å². The first-order chi connectivity index (χ1) is 10.1. The molecule has 21 heavy (non-hydrogen) atoms. The van der Waals surface area contributed by atoms with E-state index < -0.39 is 11.9 Å². The largest absolute Gasteiger partial charge is 0.370 e. The van der Waals surface area contributed by atoms with Crippen molar-refractivity contribution in [3.63, 3.8) is 0 Å². The topological polar surface area (TPSA) is 101 Å². The number of nitrogens with zero attached hydrogens (tertiary/aromatic N) is 1. The van der Waals surface area contributed by atoms with Crippen LogP contribution in [0.1, 0.15) is 24.8 Å². The zero-order valence-electron chi connectivity index (χ0n) is 12.0. The van der Waals surface area contributed by atoms with Crippen molar-refractivity contribution in [3.05, 3.63) is 29.8 Å². The third-order valence-electron chi connectivity index (χ3n) is 3.63. The Morgan fingerprint density at radius 3 is 2.57 bits per heavy atom. The maximum Gasteiger partial charge on any atom is 0.241 e. The molecule has 1 unspecified atom stereocenters. The first kappa shape index (κ1) is 15.5. The van der Waals surface area contributed by atoms with Crippen molar-refractivity contribution in [2.45, 2.75) is 31.8 Å². The summed E-state index contributed by atoms with van der Waals surface area (Å²) >= 11 is 0. The molecule has 1 atom stereocenters. The predicted octanol–water partition coefficient (Wildman–Crippen LogP) is 0.424. The second kappa shape index (κ2) is 7.19. The van der Waals surface area contributed by atoms with Crippen molar-refractivity contribution >= 4 is 17.5 Å². The molecule has 1 heterocycles. The van der Waals surface area contributed by atoms with Gasteiger partial charge in [-0.1, -0.05) is 18.2 Å². The van der Waals surface area contributed by atoms with Crippen LogP contribution in [0.3, 0.4) is 0 Å². The number of nitrogens with one attached hydrogen (secondary N) is 1. The second-order valence-corrected chi connectivity index (χ2v) is 5.41. The van der Waals surface area contributed by atoms with Gasteiger partial charge in [-0.2, -0.15) is 0 Å². The summed E-state index contributed by atoms with van der Waals surface area (Å²) in [6.07, 6.45) is 2.29. The number of anilines is 1. The molecule has 0 aliphatic carbocycles. The van der Waals surface area contributed by atoms with Crippen LogP contribution >= 0.6 is 0 Å². The second-order valence-electron chi connectivity index (χ2n) is 5.41. The van der Waals surface area contributed by atoms with E-state index in [1.807, 2.05) is 24.3 Å². The lowest BCUT2D eigenvalue weighted by atomic mass is 10.1. The van der Waals surface area contributed by atoms with Crippen LogP contribution in [0.25, 0.3) is 0 Å². The molecule has 0 bridgehead atoms. The SMILES string of the molecule is NC(=O)CC(N)C(=O)Nc1ccccc1CN1CCCC1. The van der Waals surface area contributed by atoms with Gasteiger partial charge in [0.25, 0.3) is 0 Å². The fourth-order valence-electron chi connectivity index (χ4n) is 2.50. The molecule has 0 radical (unpaired) electrons. The van der Waals surface area contributed by atoms with Crippen LogP contribution in [0.15, 0.2) is 24.3 Å². The molecular formula is C15H22N4O2. The minimum atomic E-state index is -0.914. The van der Waals surface area contributed by atoms with Gasteiger partial charge in [0.2, 0.25) is 11.8 Å². The van der Waals surface area contributed by atoms with E-state index in [9.17, 15) is 9.59 Å². The summed E-state index contributed by atoms with van der Waals surface area (Å²) in [5, 5.41) is 2.79. The zero-order valence-corrected chi connectivity index (χ0v) is 12.0. The van der Waals surface area contributed by atoms with Gasteiger partial charge in [0.05, 0.1) is 12.5 Å². The highest BCUT2D eigenvalue weighted by atomic mass is 16.2. The lowest BCUT2D eigenvalue weighted by Gasteiger charge is -2.18. The predicted molar refractivity (Wildman–Crippen MR) is 81.4 cm³/mol. The van der Waals surface area contributed by atoms with E-state index in [1.165, 1.54) is 12.8 Å². The van der Waals surface area contributed by atoms with Crippen molar-refractivity contribution in [3.8, 4) is 0 Å². The van der Waals surface area contributed by atoms with Crippen LogP contribution in [0.4, 0.5) is 5.69 Å². The fourth-order valence-corrected chi connectivity index (χ4v) is 2.50. The molecule has 1 aliphatic heterocycles. The molecule has 1 fully saturated rings. The van der Waals surface area contributed by atoms with Crippen LogP contribution in [0.5, 0.6) is 0 Å². The molecule has 6 nitrogen and oxygen atoms in total. The molecule has 2 amide bonds. The quantitative estimate of drug-likeness (QED) is 0.707. The Labute approximate surface area is 124 Å². The van der Waals surface area contributed by atoms with E-state index in [0.29, 0.717) is 0 Å². The van der Waals surface area contributed by atoms with Crippen LogP contribution in [-0.4, -0.2) is 35.8 Å². The molecule has 0 spiro atoms.